The van der Waals surface area contributed by atoms with E-state index in [-0.39, 0.29) is 5.54 Å². The predicted octanol–water partition coefficient (Wildman–Crippen LogP) is 2.01. The molecule has 3 nitrogen and oxygen atoms in total. The summed E-state index contributed by atoms with van der Waals surface area (Å²) < 4.78 is 11.6. The Morgan fingerprint density at radius 3 is 2.71 bits per heavy atom. The van der Waals surface area contributed by atoms with Gasteiger partial charge in [0.1, 0.15) is 11.5 Å². The van der Waals surface area contributed by atoms with Crippen LogP contribution in [0.4, 0.5) is 0 Å². The Balaban J connectivity index is 2.25. The van der Waals surface area contributed by atoms with Crippen LogP contribution >= 0.6 is 0 Å². The molecule has 0 saturated heterocycles. The Morgan fingerprint density at radius 2 is 1.94 bits per heavy atom. The Kier molecular flexibility index (Phi) is 2.33. The number of rotatable bonds is 2. The first-order chi connectivity index (χ1) is 8.13. The van der Waals surface area contributed by atoms with Gasteiger partial charge in [-0.1, -0.05) is 0 Å². The van der Waals surface area contributed by atoms with Crippen molar-refractivity contribution in [2.75, 3.05) is 20.3 Å². The van der Waals surface area contributed by atoms with Gasteiger partial charge in [-0.3, -0.25) is 0 Å². The van der Waals surface area contributed by atoms with Gasteiger partial charge in [-0.25, -0.2) is 0 Å². The van der Waals surface area contributed by atoms with Crippen molar-refractivity contribution in [3.05, 3.63) is 22.8 Å². The molecule has 1 N–H and O–H groups in total. The van der Waals surface area contributed by atoms with Crippen LogP contribution in [0.1, 0.15) is 30.5 Å². The Hall–Kier alpha value is -1.22. The first-order valence-electron chi connectivity index (χ1n) is 6.27. The van der Waals surface area contributed by atoms with Crippen LogP contribution in [0, 0.1) is 0 Å². The molecule has 1 aromatic rings. The van der Waals surface area contributed by atoms with Crippen LogP contribution in [-0.4, -0.2) is 20.3 Å². The second-order valence-corrected chi connectivity index (χ2v) is 5.29. The quantitative estimate of drug-likeness (QED) is 0.847. The van der Waals surface area contributed by atoms with E-state index in [4.69, 9.17) is 9.47 Å². The highest BCUT2D eigenvalue weighted by Crippen LogP contribution is 2.45. The van der Waals surface area contributed by atoms with Gasteiger partial charge in [0.05, 0.1) is 13.2 Å². The van der Waals surface area contributed by atoms with Gasteiger partial charge < -0.3 is 14.8 Å². The summed E-state index contributed by atoms with van der Waals surface area (Å²) in [5.41, 5.74) is 3.84. The summed E-state index contributed by atoms with van der Waals surface area (Å²) >= 11 is 0. The second kappa shape index (κ2) is 3.64. The zero-order valence-electron chi connectivity index (χ0n) is 10.7. The second-order valence-electron chi connectivity index (χ2n) is 5.29. The summed E-state index contributed by atoms with van der Waals surface area (Å²) in [5.74, 6) is 2.15. The van der Waals surface area contributed by atoms with E-state index in [1.807, 2.05) is 7.05 Å². The summed E-state index contributed by atoms with van der Waals surface area (Å²) in [6, 6.07) is 2.17. The molecular weight excluding hydrogens is 214 g/mol. The lowest BCUT2D eigenvalue weighted by atomic mass is 9.86. The normalized spacial score (nSPS) is 17.4. The van der Waals surface area contributed by atoms with E-state index in [1.54, 1.807) is 0 Å². The number of ether oxygens (including phenoxy) is 2. The van der Waals surface area contributed by atoms with E-state index in [0.29, 0.717) is 0 Å². The lowest BCUT2D eigenvalue weighted by Crippen LogP contribution is -2.34. The zero-order chi connectivity index (χ0) is 12.0. The van der Waals surface area contributed by atoms with Gasteiger partial charge in [0, 0.05) is 35.1 Å². The minimum Gasteiger partial charge on any atom is -0.493 e. The van der Waals surface area contributed by atoms with Crippen LogP contribution in [0.2, 0.25) is 0 Å². The average molecular weight is 233 g/mol. The molecule has 0 fully saturated rings. The lowest BCUT2D eigenvalue weighted by Gasteiger charge is -2.28. The maximum atomic E-state index is 5.85. The van der Waals surface area contributed by atoms with E-state index in [0.717, 1.165) is 37.6 Å². The van der Waals surface area contributed by atoms with E-state index in [9.17, 15) is 0 Å². The topological polar surface area (TPSA) is 30.5 Å². The number of hydrogen-bond donors (Lipinski definition) is 1. The van der Waals surface area contributed by atoms with Crippen molar-refractivity contribution >= 4 is 0 Å². The average Bonchev–Trinajstić information content (AvgIpc) is 2.92. The van der Waals surface area contributed by atoms with Gasteiger partial charge in [0.15, 0.2) is 0 Å². The molecule has 3 rings (SSSR count). The summed E-state index contributed by atoms with van der Waals surface area (Å²) in [6.45, 7) is 5.99. The van der Waals surface area contributed by atoms with Gasteiger partial charge in [0.25, 0.3) is 0 Å². The highest BCUT2D eigenvalue weighted by molar-refractivity contribution is 5.59. The summed E-state index contributed by atoms with van der Waals surface area (Å²) in [5, 5.41) is 3.38. The molecule has 0 aromatic heterocycles. The van der Waals surface area contributed by atoms with Crippen molar-refractivity contribution in [1.82, 2.24) is 5.32 Å². The maximum absolute atomic E-state index is 5.85. The van der Waals surface area contributed by atoms with Crippen LogP contribution < -0.4 is 14.8 Å². The van der Waals surface area contributed by atoms with E-state index >= 15 is 0 Å². The molecule has 92 valence electrons. The molecule has 2 aliphatic heterocycles. The minimum atomic E-state index is -0.0759. The number of benzene rings is 1. The van der Waals surface area contributed by atoms with Crippen LogP contribution in [-0.2, 0) is 18.4 Å². The van der Waals surface area contributed by atoms with E-state index in [2.05, 4.69) is 25.2 Å². The molecule has 0 aliphatic carbocycles. The van der Waals surface area contributed by atoms with Gasteiger partial charge in [0.2, 0.25) is 0 Å². The summed E-state index contributed by atoms with van der Waals surface area (Å²) in [7, 11) is 2.00. The lowest BCUT2D eigenvalue weighted by molar-refractivity contribution is 0.336. The van der Waals surface area contributed by atoms with Gasteiger partial charge in [-0.2, -0.15) is 0 Å². The largest absolute Gasteiger partial charge is 0.493 e. The molecule has 0 unspecified atom stereocenters. The highest BCUT2D eigenvalue weighted by Gasteiger charge is 2.33. The van der Waals surface area contributed by atoms with Crippen LogP contribution in [0.5, 0.6) is 11.5 Å². The molecular formula is C14H19NO2. The van der Waals surface area contributed by atoms with Crippen molar-refractivity contribution < 1.29 is 9.47 Å². The molecule has 0 spiro atoms. The SMILES string of the molecule is CNC(C)(C)c1c2c(cc3c1OCC3)OCC2. The molecule has 3 heteroatoms. The Morgan fingerprint density at radius 1 is 1.18 bits per heavy atom. The third-order valence-electron chi connectivity index (χ3n) is 3.90. The highest BCUT2D eigenvalue weighted by atomic mass is 16.5. The molecule has 17 heavy (non-hydrogen) atoms. The molecule has 0 amide bonds. The fourth-order valence-electron chi connectivity index (χ4n) is 2.77. The fraction of sp³-hybridized carbons (Fsp3) is 0.571. The van der Waals surface area contributed by atoms with Gasteiger partial charge >= 0.3 is 0 Å². The minimum absolute atomic E-state index is 0.0759. The standard InChI is InChI=1S/C14H19NO2/c1-14(2,15-3)12-10-5-7-16-11(10)8-9-4-6-17-13(9)12/h8,15H,4-7H2,1-3H3. The van der Waals surface area contributed by atoms with Gasteiger partial charge in [-0.05, 0) is 27.0 Å². The van der Waals surface area contributed by atoms with Crippen LogP contribution in [0.3, 0.4) is 0 Å². The summed E-state index contributed by atoms with van der Waals surface area (Å²) in [6.07, 6.45) is 1.99. The first kappa shape index (κ1) is 10.9. The summed E-state index contributed by atoms with van der Waals surface area (Å²) in [4.78, 5) is 0. The van der Waals surface area contributed by atoms with Crippen molar-refractivity contribution in [3.63, 3.8) is 0 Å². The molecule has 0 bridgehead atoms. The van der Waals surface area contributed by atoms with Crippen molar-refractivity contribution in [2.24, 2.45) is 0 Å². The monoisotopic (exact) mass is 233 g/mol. The maximum Gasteiger partial charge on any atom is 0.128 e. The molecule has 2 heterocycles. The van der Waals surface area contributed by atoms with Crippen molar-refractivity contribution in [2.45, 2.75) is 32.2 Å². The van der Waals surface area contributed by atoms with Crippen LogP contribution in [0.25, 0.3) is 0 Å². The van der Waals surface area contributed by atoms with E-state index in [1.165, 1.54) is 16.7 Å². The molecule has 0 radical (unpaired) electrons. The predicted molar refractivity (Wildman–Crippen MR) is 66.9 cm³/mol. The Bertz CT molecular complexity index is 434. The molecule has 2 aliphatic rings. The molecule has 0 atom stereocenters. The molecule has 0 saturated carbocycles. The smallest absolute Gasteiger partial charge is 0.128 e. The zero-order valence-corrected chi connectivity index (χ0v) is 10.7. The van der Waals surface area contributed by atoms with E-state index < -0.39 is 0 Å². The van der Waals surface area contributed by atoms with Crippen molar-refractivity contribution in [1.29, 1.82) is 0 Å². The van der Waals surface area contributed by atoms with Crippen LogP contribution in [0.15, 0.2) is 6.07 Å². The number of fused-ring (bicyclic) bond motifs is 2. The fourth-order valence-corrected chi connectivity index (χ4v) is 2.77. The molecule has 1 aromatic carbocycles. The van der Waals surface area contributed by atoms with Crippen molar-refractivity contribution in [3.8, 4) is 11.5 Å². The number of nitrogens with one attached hydrogen (secondary N) is 1. The third kappa shape index (κ3) is 1.53. The Labute approximate surface area is 102 Å². The first-order valence-corrected chi connectivity index (χ1v) is 6.27. The van der Waals surface area contributed by atoms with Gasteiger partial charge in [-0.15, -0.1) is 0 Å². The number of hydrogen-bond acceptors (Lipinski definition) is 3. The third-order valence-corrected chi connectivity index (χ3v) is 3.90.